The Hall–Kier alpha value is -2.49. The summed E-state index contributed by atoms with van der Waals surface area (Å²) in [5.41, 5.74) is 3.13. The van der Waals surface area contributed by atoms with Crippen LogP contribution in [0.15, 0.2) is 48.5 Å². The van der Waals surface area contributed by atoms with E-state index >= 15 is 0 Å². The molecule has 1 heterocycles. The summed E-state index contributed by atoms with van der Waals surface area (Å²) in [4.78, 5) is 14.8. The number of carbonyl (C=O) groups is 1. The van der Waals surface area contributed by atoms with Crippen LogP contribution >= 0.6 is 0 Å². The molecule has 0 radical (unpaired) electrons. The monoisotopic (exact) mass is 338 g/mol. The molecular weight excluding hydrogens is 312 g/mol. The minimum absolute atomic E-state index is 0.139. The standard InChI is InChI=1S/C21H26N2O2/c1-3-17-8-4-5-9-20(17)25-16(2)21(24)22-18-10-12-19(13-11-18)23-14-6-7-15-23/h4-5,8-13,16H,3,6-7,14-15H2,1-2H3,(H,22,24)/t16-/m1/s1. The molecule has 1 aliphatic heterocycles. The number of nitrogens with zero attached hydrogens (tertiary/aromatic N) is 1. The van der Waals surface area contributed by atoms with Crippen LogP contribution in [-0.2, 0) is 11.2 Å². The maximum Gasteiger partial charge on any atom is 0.265 e. The number of aryl methyl sites for hydroxylation is 1. The average molecular weight is 338 g/mol. The van der Waals surface area contributed by atoms with Crippen LogP contribution in [-0.4, -0.2) is 25.1 Å². The quantitative estimate of drug-likeness (QED) is 0.856. The van der Waals surface area contributed by atoms with E-state index in [0.717, 1.165) is 36.5 Å². The molecular formula is C21H26N2O2. The summed E-state index contributed by atoms with van der Waals surface area (Å²) in [6.45, 7) is 6.09. The van der Waals surface area contributed by atoms with Gasteiger partial charge in [-0.15, -0.1) is 0 Å². The van der Waals surface area contributed by atoms with Crippen LogP contribution in [0, 0.1) is 0 Å². The number of anilines is 2. The molecule has 1 aliphatic rings. The molecule has 4 nitrogen and oxygen atoms in total. The topological polar surface area (TPSA) is 41.6 Å². The van der Waals surface area contributed by atoms with Crippen LogP contribution in [0.3, 0.4) is 0 Å². The first kappa shape index (κ1) is 17.3. The van der Waals surface area contributed by atoms with Crippen molar-refractivity contribution < 1.29 is 9.53 Å². The Kier molecular flexibility index (Phi) is 5.59. The summed E-state index contributed by atoms with van der Waals surface area (Å²) in [6.07, 6.45) is 2.84. The zero-order valence-electron chi connectivity index (χ0n) is 15.0. The molecule has 0 aliphatic carbocycles. The van der Waals surface area contributed by atoms with E-state index in [1.165, 1.54) is 18.5 Å². The molecule has 2 aromatic rings. The maximum atomic E-state index is 12.4. The van der Waals surface area contributed by atoms with Crippen molar-refractivity contribution in [1.82, 2.24) is 0 Å². The van der Waals surface area contributed by atoms with E-state index in [1.54, 1.807) is 6.92 Å². The number of benzene rings is 2. The summed E-state index contributed by atoms with van der Waals surface area (Å²) in [7, 11) is 0. The van der Waals surface area contributed by atoms with Gasteiger partial charge >= 0.3 is 0 Å². The van der Waals surface area contributed by atoms with Crippen LogP contribution in [0.25, 0.3) is 0 Å². The van der Waals surface area contributed by atoms with Gasteiger partial charge in [0.05, 0.1) is 0 Å². The van der Waals surface area contributed by atoms with E-state index < -0.39 is 6.10 Å². The Labute approximate surface area is 149 Å². The number of nitrogens with one attached hydrogen (secondary N) is 1. The fraction of sp³-hybridized carbons (Fsp3) is 0.381. The highest BCUT2D eigenvalue weighted by atomic mass is 16.5. The Morgan fingerprint density at radius 2 is 1.80 bits per heavy atom. The number of carbonyl (C=O) groups excluding carboxylic acids is 1. The lowest BCUT2D eigenvalue weighted by atomic mass is 10.1. The minimum Gasteiger partial charge on any atom is -0.481 e. The summed E-state index contributed by atoms with van der Waals surface area (Å²) < 4.78 is 5.86. The average Bonchev–Trinajstić information content (AvgIpc) is 3.17. The molecule has 0 aromatic heterocycles. The molecule has 132 valence electrons. The molecule has 1 fully saturated rings. The highest BCUT2D eigenvalue weighted by Gasteiger charge is 2.17. The van der Waals surface area contributed by atoms with Crippen molar-refractivity contribution in [3.05, 3.63) is 54.1 Å². The number of hydrogen-bond donors (Lipinski definition) is 1. The molecule has 1 amide bonds. The molecule has 0 unspecified atom stereocenters. The van der Waals surface area contributed by atoms with Gasteiger partial charge in [0.1, 0.15) is 5.75 Å². The number of rotatable bonds is 6. The van der Waals surface area contributed by atoms with Crippen molar-refractivity contribution in [2.75, 3.05) is 23.3 Å². The summed E-state index contributed by atoms with van der Waals surface area (Å²) in [5, 5.41) is 2.93. The summed E-state index contributed by atoms with van der Waals surface area (Å²) in [5.74, 6) is 0.636. The van der Waals surface area contributed by atoms with Crippen molar-refractivity contribution in [2.24, 2.45) is 0 Å². The number of para-hydroxylation sites is 1. The molecule has 0 saturated carbocycles. The minimum atomic E-state index is -0.550. The fourth-order valence-electron chi connectivity index (χ4n) is 3.13. The van der Waals surface area contributed by atoms with Gasteiger partial charge in [-0.2, -0.15) is 0 Å². The zero-order chi connectivity index (χ0) is 17.6. The van der Waals surface area contributed by atoms with Gasteiger partial charge in [-0.05, 0) is 62.1 Å². The lowest BCUT2D eigenvalue weighted by Gasteiger charge is -2.19. The second kappa shape index (κ2) is 8.06. The Balaban J connectivity index is 1.59. The van der Waals surface area contributed by atoms with E-state index in [9.17, 15) is 4.79 Å². The zero-order valence-corrected chi connectivity index (χ0v) is 15.0. The number of hydrogen-bond acceptors (Lipinski definition) is 3. The summed E-state index contributed by atoms with van der Waals surface area (Å²) >= 11 is 0. The van der Waals surface area contributed by atoms with Gasteiger partial charge in [0.25, 0.3) is 5.91 Å². The Morgan fingerprint density at radius 1 is 1.12 bits per heavy atom. The number of amides is 1. The van der Waals surface area contributed by atoms with E-state index in [-0.39, 0.29) is 5.91 Å². The third-order valence-corrected chi connectivity index (χ3v) is 4.63. The molecule has 25 heavy (non-hydrogen) atoms. The normalized spacial score (nSPS) is 15.0. The second-order valence-electron chi connectivity index (χ2n) is 6.45. The third-order valence-electron chi connectivity index (χ3n) is 4.63. The fourth-order valence-corrected chi connectivity index (χ4v) is 3.13. The predicted octanol–water partition coefficient (Wildman–Crippen LogP) is 4.26. The first-order valence-corrected chi connectivity index (χ1v) is 9.08. The van der Waals surface area contributed by atoms with Crippen LogP contribution < -0.4 is 15.0 Å². The maximum absolute atomic E-state index is 12.4. The lowest BCUT2D eigenvalue weighted by Crippen LogP contribution is -2.30. The molecule has 0 bridgehead atoms. The van der Waals surface area contributed by atoms with E-state index in [2.05, 4.69) is 29.3 Å². The highest BCUT2D eigenvalue weighted by Crippen LogP contribution is 2.23. The summed E-state index contributed by atoms with van der Waals surface area (Å²) in [6, 6.07) is 15.9. The van der Waals surface area contributed by atoms with Gasteiger partial charge in [0.15, 0.2) is 6.10 Å². The van der Waals surface area contributed by atoms with Gasteiger partial charge in [0, 0.05) is 24.5 Å². The van der Waals surface area contributed by atoms with Crippen LogP contribution in [0.5, 0.6) is 5.75 Å². The first-order valence-electron chi connectivity index (χ1n) is 9.08. The number of ether oxygens (including phenoxy) is 1. The Bertz CT molecular complexity index is 706. The largest absolute Gasteiger partial charge is 0.481 e. The van der Waals surface area contributed by atoms with Crippen molar-refractivity contribution in [2.45, 2.75) is 39.2 Å². The highest BCUT2D eigenvalue weighted by molar-refractivity contribution is 5.94. The van der Waals surface area contributed by atoms with E-state index in [1.807, 2.05) is 36.4 Å². The molecule has 0 spiro atoms. The van der Waals surface area contributed by atoms with Crippen LogP contribution in [0.2, 0.25) is 0 Å². The van der Waals surface area contributed by atoms with E-state index in [4.69, 9.17) is 4.74 Å². The van der Waals surface area contributed by atoms with Crippen LogP contribution in [0.4, 0.5) is 11.4 Å². The SMILES string of the molecule is CCc1ccccc1O[C@H](C)C(=O)Nc1ccc(N2CCCC2)cc1. The van der Waals surface area contributed by atoms with Crippen LogP contribution in [0.1, 0.15) is 32.3 Å². The third kappa shape index (κ3) is 4.32. The molecule has 4 heteroatoms. The molecule has 2 aromatic carbocycles. The molecule has 1 atom stereocenters. The van der Waals surface area contributed by atoms with Crippen molar-refractivity contribution >= 4 is 17.3 Å². The smallest absolute Gasteiger partial charge is 0.265 e. The Morgan fingerprint density at radius 3 is 2.48 bits per heavy atom. The predicted molar refractivity (Wildman–Crippen MR) is 102 cm³/mol. The molecule has 1 saturated heterocycles. The van der Waals surface area contributed by atoms with Gasteiger partial charge in [-0.3, -0.25) is 4.79 Å². The molecule has 3 rings (SSSR count). The van der Waals surface area contributed by atoms with Crippen molar-refractivity contribution in [1.29, 1.82) is 0 Å². The molecule has 1 N–H and O–H groups in total. The lowest BCUT2D eigenvalue weighted by molar-refractivity contribution is -0.122. The van der Waals surface area contributed by atoms with Gasteiger partial charge in [-0.25, -0.2) is 0 Å². The van der Waals surface area contributed by atoms with Crippen molar-refractivity contribution in [3.63, 3.8) is 0 Å². The van der Waals surface area contributed by atoms with Gasteiger partial charge in [0.2, 0.25) is 0 Å². The van der Waals surface area contributed by atoms with E-state index in [0.29, 0.717) is 0 Å². The first-order chi connectivity index (χ1) is 12.2. The van der Waals surface area contributed by atoms with Gasteiger partial charge < -0.3 is 15.0 Å². The van der Waals surface area contributed by atoms with Crippen molar-refractivity contribution in [3.8, 4) is 5.75 Å². The second-order valence-corrected chi connectivity index (χ2v) is 6.45. The van der Waals surface area contributed by atoms with Gasteiger partial charge in [-0.1, -0.05) is 25.1 Å².